The van der Waals surface area contributed by atoms with Crippen LogP contribution in [-0.4, -0.2) is 44.6 Å². The minimum atomic E-state index is -0.301. The van der Waals surface area contributed by atoms with Crippen LogP contribution in [0, 0.1) is 20.8 Å². The number of hydrogen-bond acceptors (Lipinski definition) is 6. The average Bonchev–Trinajstić information content (AvgIpc) is 3.24. The molecule has 0 saturated heterocycles. The summed E-state index contributed by atoms with van der Waals surface area (Å²) in [5.41, 5.74) is 3.47. The quantitative estimate of drug-likeness (QED) is 0.565. The minimum Gasteiger partial charge on any atom is -0.339 e. The number of anilines is 1. The van der Waals surface area contributed by atoms with Gasteiger partial charge in [-0.2, -0.15) is 5.10 Å². The Balaban J connectivity index is 1.50. The molecule has 8 nitrogen and oxygen atoms in total. The number of carbonyl (C=O) groups excluding carboxylic acids is 2. The molecule has 4 rings (SSSR count). The van der Waals surface area contributed by atoms with Gasteiger partial charge in [0.15, 0.2) is 0 Å². The van der Waals surface area contributed by atoms with Crippen LogP contribution in [0.25, 0.3) is 10.6 Å². The zero-order valence-electron chi connectivity index (χ0n) is 20.8. The molecule has 1 N–H and O–H groups in total. The van der Waals surface area contributed by atoms with Gasteiger partial charge in [-0.1, -0.05) is 19.3 Å². The Morgan fingerprint density at radius 1 is 1.06 bits per heavy atom. The Labute approximate surface area is 209 Å². The van der Waals surface area contributed by atoms with Gasteiger partial charge in [-0.05, 0) is 63.4 Å². The number of nitrogens with zero attached hydrogens (tertiary/aromatic N) is 4. The summed E-state index contributed by atoms with van der Waals surface area (Å²) in [4.78, 5) is 45.4. The molecule has 0 aliphatic heterocycles. The molecule has 1 saturated carbocycles. The second kappa shape index (κ2) is 10.1. The standard InChI is InChI=1S/C26H31N5O3S/c1-15-16(2)29-31(5)26(34)21(15)24-27-17(3)22(35-24)23(32)28-19-13-11-18(12-14-19)25(33)30(4)20-9-7-6-8-10-20/h11-14,20H,6-10H2,1-5H3,(H,28,32). The third kappa shape index (κ3) is 5.05. The molecule has 2 aromatic heterocycles. The van der Waals surface area contributed by atoms with E-state index >= 15 is 0 Å². The van der Waals surface area contributed by atoms with E-state index in [-0.39, 0.29) is 17.4 Å². The van der Waals surface area contributed by atoms with E-state index < -0.39 is 0 Å². The lowest BCUT2D eigenvalue weighted by atomic mass is 9.94. The van der Waals surface area contributed by atoms with Gasteiger partial charge in [0.05, 0.1) is 17.0 Å². The smallest absolute Gasteiger partial charge is 0.277 e. The summed E-state index contributed by atoms with van der Waals surface area (Å²) in [5.74, 6) is -0.299. The van der Waals surface area contributed by atoms with Gasteiger partial charge in [0, 0.05) is 31.4 Å². The van der Waals surface area contributed by atoms with E-state index in [4.69, 9.17) is 0 Å². The van der Waals surface area contributed by atoms with E-state index in [1.165, 1.54) is 35.3 Å². The first-order valence-electron chi connectivity index (χ1n) is 11.9. The van der Waals surface area contributed by atoms with Crippen molar-refractivity contribution in [2.45, 2.75) is 58.9 Å². The molecule has 2 heterocycles. The molecule has 1 aliphatic rings. The summed E-state index contributed by atoms with van der Waals surface area (Å²) in [6.45, 7) is 5.43. The van der Waals surface area contributed by atoms with Crippen molar-refractivity contribution >= 4 is 28.8 Å². The maximum atomic E-state index is 13.0. The molecule has 35 heavy (non-hydrogen) atoms. The van der Waals surface area contributed by atoms with Crippen LogP contribution >= 0.6 is 11.3 Å². The predicted octanol–water partition coefficient (Wildman–Crippen LogP) is 4.49. The summed E-state index contributed by atoms with van der Waals surface area (Å²) in [7, 11) is 3.48. The SMILES string of the molecule is Cc1nc(-c2c(C)c(C)nn(C)c2=O)sc1C(=O)Nc1ccc(C(=O)N(C)C2CCCCC2)cc1. The van der Waals surface area contributed by atoms with Crippen molar-refractivity contribution in [3.8, 4) is 10.6 Å². The number of nitrogens with one attached hydrogen (secondary N) is 1. The summed E-state index contributed by atoms with van der Waals surface area (Å²) < 4.78 is 1.29. The third-order valence-corrected chi connectivity index (χ3v) is 7.95. The normalized spacial score (nSPS) is 14.1. The first-order valence-corrected chi connectivity index (χ1v) is 12.7. The number of thiazole rings is 1. The molecule has 0 unspecified atom stereocenters. The Bertz CT molecular complexity index is 1320. The summed E-state index contributed by atoms with van der Waals surface area (Å²) in [6.07, 6.45) is 5.68. The van der Waals surface area contributed by atoms with Crippen molar-refractivity contribution in [3.05, 3.63) is 62.0 Å². The third-order valence-electron chi connectivity index (χ3n) is 6.77. The van der Waals surface area contributed by atoms with Gasteiger partial charge in [0.2, 0.25) is 0 Å². The lowest BCUT2D eigenvalue weighted by Crippen LogP contribution is -2.38. The Hall–Kier alpha value is -3.33. The number of carbonyl (C=O) groups is 2. The van der Waals surface area contributed by atoms with E-state index in [1.807, 2.05) is 25.8 Å². The molecule has 3 aromatic rings. The molecule has 0 radical (unpaired) electrons. The van der Waals surface area contributed by atoms with Crippen LogP contribution in [0.2, 0.25) is 0 Å². The second-order valence-corrected chi connectivity index (χ2v) is 10.2. The zero-order chi connectivity index (χ0) is 25.3. The number of aromatic nitrogens is 3. The Kier molecular flexibility index (Phi) is 7.16. The highest BCUT2D eigenvalue weighted by Gasteiger charge is 2.24. The van der Waals surface area contributed by atoms with Gasteiger partial charge in [0.25, 0.3) is 17.4 Å². The van der Waals surface area contributed by atoms with Crippen LogP contribution in [0.15, 0.2) is 29.1 Å². The van der Waals surface area contributed by atoms with Crippen molar-refractivity contribution < 1.29 is 9.59 Å². The van der Waals surface area contributed by atoms with E-state index in [9.17, 15) is 14.4 Å². The molecule has 1 aromatic carbocycles. The van der Waals surface area contributed by atoms with Crippen LogP contribution in [0.5, 0.6) is 0 Å². The van der Waals surface area contributed by atoms with Crippen molar-refractivity contribution in [3.63, 3.8) is 0 Å². The topological polar surface area (TPSA) is 97.2 Å². The van der Waals surface area contributed by atoms with Gasteiger partial charge in [-0.3, -0.25) is 14.4 Å². The maximum Gasteiger partial charge on any atom is 0.277 e. The van der Waals surface area contributed by atoms with E-state index in [2.05, 4.69) is 15.4 Å². The molecule has 0 bridgehead atoms. The maximum absolute atomic E-state index is 13.0. The molecule has 0 atom stereocenters. The fourth-order valence-corrected chi connectivity index (χ4v) is 5.59. The molecule has 1 fully saturated rings. The number of amides is 2. The van der Waals surface area contributed by atoms with Crippen molar-refractivity contribution in [2.75, 3.05) is 12.4 Å². The fourth-order valence-electron chi connectivity index (χ4n) is 4.54. The number of hydrogen-bond donors (Lipinski definition) is 1. The van der Waals surface area contributed by atoms with Crippen molar-refractivity contribution in [2.24, 2.45) is 7.05 Å². The molecule has 0 spiro atoms. The number of rotatable bonds is 5. The van der Waals surface area contributed by atoms with Gasteiger partial charge >= 0.3 is 0 Å². The second-order valence-electron chi connectivity index (χ2n) is 9.19. The largest absolute Gasteiger partial charge is 0.339 e. The highest BCUT2D eigenvalue weighted by atomic mass is 32.1. The van der Waals surface area contributed by atoms with E-state index in [1.54, 1.807) is 38.2 Å². The van der Waals surface area contributed by atoms with Crippen molar-refractivity contribution in [1.82, 2.24) is 19.7 Å². The van der Waals surface area contributed by atoms with Gasteiger partial charge in [-0.25, -0.2) is 9.67 Å². The Morgan fingerprint density at radius 3 is 2.37 bits per heavy atom. The lowest BCUT2D eigenvalue weighted by molar-refractivity contribution is 0.0696. The zero-order valence-corrected chi connectivity index (χ0v) is 21.7. The number of aryl methyl sites for hydroxylation is 3. The monoisotopic (exact) mass is 493 g/mol. The predicted molar refractivity (Wildman–Crippen MR) is 138 cm³/mol. The van der Waals surface area contributed by atoms with Gasteiger partial charge < -0.3 is 10.2 Å². The fraction of sp³-hybridized carbons (Fsp3) is 0.423. The van der Waals surface area contributed by atoms with Crippen LogP contribution in [0.1, 0.15) is 69.1 Å². The highest BCUT2D eigenvalue weighted by Crippen LogP contribution is 2.29. The van der Waals surface area contributed by atoms with E-state index in [0.717, 1.165) is 24.1 Å². The summed E-state index contributed by atoms with van der Waals surface area (Å²) in [5, 5.41) is 7.60. The highest BCUT2D eigenvalue weighted by molar-refractivity contribution is 7.17. The molecular formula is C26H31N5O3S. The molecule has 1 aliphatic carbocycles. The molecular weight excluding hydrogens is 462 g/mol. The Morgan fingerprint density at radius 2 is 1.71 bits per heavy atom. The minimum absolute atomic E-state index is 0.00214. The average molecular weight is 494 g/mol. The summed E-state index contributed by atoms with van der Waals surface area (Å²) >= 11 is 1.19. The van der Waals surface area contributed by atoms with Crippen LogP contribution < -0.4 is 10.9 Å². The molecule has 9 heteroatoms. The van der Waals surface area contributed by atoms with Crippen LogP contribution in [0.4, 0.5) is 5.69 Å². The first-order chi connectivity index (χ1) is 16.7. The van der Waals surface area contributed by atoms with Crippen LogP contribution in [-0.2, 0) is 7.05 Å². The summed E-state index contributed by atoms with van der Waals surface area (Å²) in [6, 6.07) is 7.26. The lowest BCUT2D eigenvalue weighted by Gasteiger charge is -2.31. The number of benzene rings is 1. The van der Waals surface area contributed by atoms with Crippen LogP contribution in [0.3, 0.4) is 0 Å². The first kappa shape index (κ1) is 24.8. The molecule has 2 amide bonds. The van der Waals surface area contributed by atoms with Gasteiger partial charge in [-0.15, -0.1) is 11.3 Å². The molecule has 184 valence electrons. The van der Waals surface area contributed by atoms with E-state index in [0.29, 0.717) is 38.4 Å². The van der Waals surface area contributed by atoms with Gasteiger partial charge in [0.1, 0.15) is 9.88 Å². The van der Waals surface area contributed by atoms with Crippen molar-refractivity contribution in [1.29, 1.82) is 0 Å².